The molecule has 0 saturated heterocycles. The van der Waals surface area contributed by atoms with Crippen molar-refractivity contribution in [3.8, 4) is 0 Å². The van der Waals surface area contributed by atoms with E-state index in [2.05, 4.69) is 45.3 Å². The molecule has 0 amide bonds. The van der Waals surface area contributed by atoms with Crippen molar-refractivity contribution in [1.29, 1.82) is 0 Å². The molecule has 0 aliphatic heterocycles. The van der Waals surface area contributed by atoms with Crippen molar-refractivity contribution < 1.29 is 5.11 Å². The van der Waals surface area contributed by atoms with E-state index >= 15 is 0 Å². The Kier molecular flexibility index (Phi) is 10.5. The van der Waals surface area contributed by atoms with Crippen LogP contribution in [-0.4, -0.2) is 43.4 Å². The van der Waals surface area contributed by atoms with E-state index in [1.807, 2.05) is 0 Å². The number of rotatable bonds is 13. The summed E-state index contributed by atoms with van der Waals surface area (Å²) in [4.78, 5) is 0. The van der Waals surface area contributed by atoms with Crippen LogP contribution in [0.5, 0.6) is 0 Å². The average Bonchev–Trinajstić information content (AvgIpc) is 3.21. The Bertz CT molecular complexity index is 699. The molecule has 216 valence electrons. The van der Waals surface area contributed by atoms with Gasteiger partial charge in [-0.15, -0.1) is 0 Å². The van der Waals surface area contributed by atoms with Gasteiger partial charge in [0.1, 0.15) is 0 Å². The van der Waals surface area contributed by atoms with Gasteiger partial charge in [0.2, 0.25) is 0 Å². The van der Waals surface area contributed by atoms with E-state index in [1.54, 1.807) is 0 Å². The lowest BCUT2D eigenvalue weighted by Crippen LogP contribution is -2.59. The second-order valence-electron chi connectivity index (χ2n) is 15.0. The third-order valence-corrected chi connectivity index (χ3v) is 12.4. The van der Waals surface area contributed by atoms with E-state index < -0.39 is 0 Å². The first-order valence-electron chi connectivity index (χ1n) is 16.5. The van der Waals surface area contributed by atoms with E-state index in [0.717, 1.165) is 68.6 Å². The lowest BCUT2D eigenvalue weighted by molar-refractivity contribution is -0.167. The van der Waals surface area contributed by atoms with Crippen LogP contribution < -0.4 is 16.4 Å². The first kappa shape index (κ1) is 29.8. The highest BCUT2D eigenvalue weighted by Gasteiger charge is 2.62. The molecule has 4 saturated carbocycles. The first-order chi connectivity index (χ1) is 17.7. The molecule has 0 bridgehead atoms. The molecule has 4 aliphatic rings. The molecule has 0 aromatic heterocycles. The fraction of sp³-hybridized carbons (Fsp3) is 1.00. The Morgan fingerprint density at radius 2 is 1.57 bits per heavy atom. The first-order valence-corrected chi connectivity index (χ1v) is 16.5. The summed E-state index contributed by atoms with van der Waals surface area (Å²) < 4.78 is 0. The third kappa shape index (κ3) is 6.44. The van der Waals surface area contributed by atoms with Gasteiger partial charge in [-0.2, -0.15) is 0 Å². The van der Waals surface area contributed by atoms with E-state index in [1.165, 1.54) is 70.6 Å². The Morgan fingerprint density at radius 3 is 2.32 bits per heavy atom. The minimum atomic E-state index is -0.0757. The quantitative estimate of drug-likeness (QED) is 0.214. The Hall–Kier alpha value is -0.160. The van der Waals surface area contributed by atoms with Crippen LogP contribution in [0.4, 0.5) is 0 Å². The van der Waals surface area contributed by atoms with Crippen LogP contribution in [-0.2, 0) is 0 Å². The summed E-state index contributed by atoms with van der Waals surface area (Å²) in [6.45, 7) is 16.6. The summed E-state index contributed by atoms with van der Waals surface area (Å²) in [6.07, 6.45) is 16.9. The van der Waals surface area contributed by atoms with Crippen molar-refractivity contribution in [2.24, 2.45) is 58.0 Å². The number of aliphatic hydroxyl groups is 1. The van der Waals surface area contributed by atoms with Gasteiger partial charge in [0.15, 0.2) is 0 Å². The molecule has 10 atom stereocenters. The standard InChI is InChI=1S/C33H63N3O/c1-23(2)9-6-10-24(3)27-11-12-28-31-29(14-16-33(27,28)5)32(4)15-13-26(21-25(32)22-30(31)37)36-20-8-19-35-18-7-17-34/h23-31,35-37H,6-22,34H2,1-5H3/t24-,25-,26+,27-,28?,29?,30?,31?,32+,33-/m1/s1. The minimum absolute atomic E-state index is 0.0757. The van der Waals surface area contributed by atoms with Crippen molar-refractivity contribution in [3.63, 3.8) is 0 Å². The maximum absolute atomic E-state index is 11.7. The van der Waals surface area contributed by atoms with Crippen LogP contribution in [0.3, 0.4) is 0 Å². The smallest absolute Gasteiger partial charge is 0.0577 e. The van der Waals surface area contributed by atoms with Crippen LogP contribution >= 0.6 is 0 Å². The van der Waals surface area contributed by atoms with E-state index in [-0.39, 0.29) is 6.10 Å². The SMILES string of the molecule is CC(C)CCC[C@@H](C)[C@H]1CCC2C3C(O)C[C@H]4C[C@@H](NCCCNCCCN)CC[C@]4(C)C3CC[C@@]21C. The summed E-state index contributed by atoms with van der Waals surface area (Å²) >= 11 is 0. The molecule has 0 aromatic rings. The summed E-state index contributed by atoms with van der Waals surface area (Å²) in [7, 11) is 0. The van der Waals surface area contributed by atoms with E-state index in [0.29, 0.717) is 28.7 Å². The predicted molar refractivity (Wildman–Crippen MR) is 157 cm³/mol. The van der Waals surface area contributed by atoms with Crippen molar-refractivity contribution in [2.45, 2.75) is 130 Å². The lowest BCUT2D eigenvalue weighted by atomic mass is 9.43. The number of aliphatic hydroxyl groups excluding tert-OH is 1. The van der Waals surface area contributed by atoms with Gasteiger partial charge >= 0.3 is 0 Å². The molecule has 4 heteroatoms. The summed E-state index contributed by atoms with van der Waals surface area (Å²) in [5, 5.41) is 19.1. The largest absolute Gasteiger partial charge is 0.393 e. The molecule has 0 aromatic carbocycles. The molecule has 5 N–H and O–H groups in total. The van der Waals surface area contributed by atoms with Crippen molar-refractivity contribution >= 4 is 0 Å². The normalized spacial score (nSPS) is 42.3. The Labute approximate surface area is 230 Å². The van der Waals surface area contributed by atoms with Crippen molar-refractivity contribution in [3.05, 3.63) is 0 Å². The van der Waals surface area contributed by atoms with Gasteiger partial charge in [-0.25, -0.2) is 0 Å². The molecule has 4 fully saturated rings. The minimum Gasteiger partial charge on any atom is -0.393 e. The van der Waals surface area contributed by atoms with Crippen LogP contribution in [0.2, 0.25) is 0 Å². The van der Waals surface area contributed by atoms with Crippen LogP contribution in [0.15, 0.2) is 0 Å². The second-order valence-corrected chi connectivity index (χ2v) is 15.0. The van der Waals surface area contributed by atoms with Crippen molar-refractivity contribution in [1.82, 2.24) is 10.6 Å². The third-order valence-electron chi connectivity index (χ3n) is 12.4. The van der Waals surface area contributed by atoms with Crippen molar-refractivity contribution in [2.75, 3.05) is 26.2 Å². The van der Waals surface area contributed by atoms with Gasteiger partial charge in [0.05, 0.1) is 6.10 Å². The monoisotopic (exact) mass is 517 g/mol. The highest BCUT2D eigenvalue weighted by molar-refractivity contribution is 5.12. The maximum atomic E-state index is 11.7. The molecule has 4 nitrogen and oxygen atoms in total. The molecule has 4 rings (SSSR count). The molecule has 4 unspecified atom stereocenters. The molecule has 0 radical (unpaired) electrons. The average molecular weight is 518 g/mol. The van der Waals surface area contributed by atoms with Gasteiger partial charge < -0.3 is 21.5 Å². The molecule has 4 aliphatic carbocycles. The topological polar surface area (TPSA) is 70.3 Å². The van der Waals surface area contributed by atoms with Gasteiger partial charge in [-0.1, -0.05) is 53.9 Å². The number of nitrogens with two attached hydrogens (primary N) is 1. The summed E-state index contributed by atoms with van der Waals surface area (Å²) in [5.41, 5.74) is 6.48. The molecule has 0 spiro atoms. The fourth-order valence-corrected chi connectivity index (χ4v) is 10.3. The number of hydrogen-bond acceptors (Lipinski definition) is 4. The van der Waals surface area contributed by atoms with Crippen LogP contribution in [0.25, 0.3) is 0 Å². The maximum Gasteiger partial charge on any atom is 0.0577 e. The Balaban J connectivity index is 1.33. The zero-order valence-corrected chi connectivity index (χ0v) is 25.2. The summed E-state index contributed by atoms with van der Waals surface area (Å²) in [6, 6.07) is 0.641. The van der Waals surface area contributed by atoms with Gasteiger partial charge in [0, 0.05) is 6.04 Å². The zero-order chi connectivity index (χ0) is 26.6. The molecule has 37 heavy (non-hydrogen) atoms. The number of hydrogen-bond donors (Lipinski definition) is 4. The number of nitrogens with one attached hydrogen (secondary N) is 2. The highest BCUT2D eigenvalue weighted by Crippen LogP contribution is 2.68. The number of fused-ring (bicyclic) bond motifs is 5. The molecular formula is C33H63N3O. The van der Waals surface area contributed by atoms with E-state index in [9.17, 15) is 5.11 Å². The van der Waals surface area contributed by atoms with Gasteiger partial charge in [-0.3, -0.25) is 0 Å². The lowest BCUT2D eigenvalue weighted by Gasteiger charge is -2.62. The van der Waals surface area contributed by atoms with Gasteiger partial charge in [-0.05, 0) is 143 Å². The summed E-state index contributed by atoms with van der Waals surface area (Å²) in [5.74, 6) is 5.27. The predicted octanol–water partition coefficient (Wildman–Crippen LogP) is 6.37. The second kappa shape index (κ2) is 13.0. The van der Waals surface area contributed by atoms with E-state index in [4.69, 9.17) is 5.73 Å². The Morgan fingerprint density at radius 1 is 0.838 bits per heavy atom. The van der Waals surface area contributed by atoms with Gasteiger partial charge in [0.25, 0.3) is 0 Å². The molecule has 0 heterocycles. The fourth-order valence-electron chi connectivity index (χ4n) is 10.3. The molecular weight excluding hydrogens is 454 g/mol. The highest BCUT2D eigenvalue weighted by atomic mass is 16.3. The zero-order valence-electron chi connectivity index (χ0n) is 25.2. The van der Waals surface area contributed by atoms with Crippen LogP contribution in [0, 0.1) is 52.3 Å². The van der Waals surface area contributed by atoms with Crippen LogP contribution in [0.1, 0.15) is 118 Å².